The number of nitrogens with two attached hydrogens (primary N) is 1. The van der Waals surface area contributed by atoms with Crippen molar-refractivity contribution in [3.8, 4) is 28.5 Å². The van der Waals surface area contributed by atoms with Gasteiger partial charge in [-0.25, -0.2) is 0 Å². The van der Waals surface area contributed by atoms with Crippen molar-refractivity contribution in [1.82, 2.24) is 4.98 Å². The molecule has 11 heteroatoms. The SMILES string of the molecule is COc1cc(Cl)ccc1C(N)=O.COc1cccc(OC)c1-c1ccc(S(=O)(=O)O)cn1. The summed E-state index contributed by atoms with van der Waals surface area (Å²) in [5.41, 5.74) is 6.50. The molecule has 32 heavy (non-hydrogen) atoms. The number of pyridine rings is 1. The van der Waals surface area contributed by atoms with Crippen LogP contribution in [0.2, 0.25) is 5.02 Å². The Labute approximate surface area is 190 Å². The highest BCUT2D eigenvalue weighted by atomic mass is 35.5. The summed E-state index contributed by atoms with van der Waals surface area (Å²) in [6.45, 7) is 0. The molecule has 0 spiro atoms. The van der Waals surface area contributed by atoms with E-state index in [0.717, 1.165) is 6.20 Å². The molecule has 3 N–H and O–H groups in total. The van der Waals surface area contributed by atoms with Crippen LogP contribution >= 0.6 is 11.6 Å². The molecule has 1 amide bonds. The first-order valence-electron chi connectivity index (χ1n) is 8.90. The number of benzene rings is 2. The van der Waals surface area contributed by atoms with E-state index in [0.29, 0.717) is 39.1 Å². The Balaban J connectivity index is 0.000000258. The van der Waals surface area contributed by atoms with Gasteiger partial charge in [-0.3, -0.25) is 14.3 Å². The van der Waals surface area contributed by atoms with Crippen LogP contribution in [0.4, 0.5) is 0 Å². The van der Waals surface area contributed by atoms with E-state index < -0.39 is 16.0 Å². The third kappa shape index (κ3) is 6.10. The third-order valence-corrected chi connectivity index (χ3v) is 5.22. The quantitative estimate of drug-likeness (QED) is 0.511. The zero-order chi connectivity index (χ0) is 23.9. The number of aromatic nitrogens is 1. The van der Waals surface area contributed by atoms with Gasteiger partial charge in [0.15, 0.2) is 0 Å². The highest BCUT2D eigenvalue weighted by Crippen LogP contribution is 2.37. The lowest BCUT2D eigenvalue weighted by Gasteiger charge is -2.12. The minimum Gasteiger partial charge on any atom is -0.496 e. The molecule has 0 atom stereocenters. The zero-order valence-corrected chi connectivity index (χ0v) is 19.0. The number of carbonyl (C=O) groups is 1. The van der Waals surface area contributed by atoms with Gasteiger partial charge in [-0.05, 0) is 42.5 Å². The van der Waals surface area contributed by atoms with E-state index in [1.54, 1.807) is 30.3 Å². The van der Waals surface area contributed by atoms with Gasteiger partial charge in [-0.1, -0.05) is 17.7 Å². The van der Waals surface area contributed by atoms with Crippen molar-refractivity contribution in [3.05, 3.63) is 65.3 Å². The zero-order valence-electron chi connectivity index (χ0n) is 17.4. The fourth-order valence-corrected chi connectivity index (χ4v) is 3.24. The van der Waals surface area contributed by atoms with Crippen molar-refractivity contribution in [2.75, 3.05) is 21.3 Å². The Morgan fingerprint density at radius 1 is 0.969 bits per heavy atom. The number of hydrogen-bond donors (Lipinski definition) is 2. The van der Waals surface area contributed by atoms with Gasteiger partial charge in [0.2, 0.25) is 0 Å². The van der Waals surface area contributed by atoms with Crippen LogP contribution in [0.15, 0.2) is 59.6 Å². The van der Waals surface area contributed by atoms with E-state index in [2.05, 4.69) is 4.98 Å². The minimum atomic E-state index is -4.26. The van der Waals surface area contributed by atoms with Gasteiger partial charge in [0.1, 0.15) is 22.1 Å². The predicted octanol–water partition coefficient (Wildman–Crippen LogP) is 3.46. The number of hydrogen-bond acceptors (Lipinski definition) is 7. The Morgan fingerprint density at radius 2 is 1.56 bits per heavy atom. The molecule has 2 aromatic carbocycles. The number of carbonyl (C=O) groups excluding carboxylic acids is 1. The molecule has 1 heterocycles. The van der Waals surface area contributed by atoms with Crippen LogP contribution in [0.3, 0.4) is 0 Å². The normalized spacial score (nSPS) is 10.5. The van der Waals surface area contributed by atoms with Crippen LogP contribution in [-0.4, -0.2) is 45.2 Å². The van der Waals surface area contributed by atoms with Crippen molar-refractivity contribution in [1.29, 1.82) is 0 Å². The van der Waals surface area contributed by atoms with Gasteiger partial charge >= 0.3 is 0 Å². The lowest BCUT2D eigenvalue weighted by Crippen LogP contribution is -2.12. The van der Waals surface area contributed by atoms with Crippen LogP contribution in [0.25, 0.3) is 11.3 Å². The summed E-state index contributed by atoms with van der Waals surface area (Å²) < 4.78 is 46.3. The van der Waals surface area contributed by atoms with Crippen LogP contribution in [-0.2, 0) is 10.1 Å². The number of halogens is 1. The number of rotatable bonds is 6. The van der Waals surface area contributed by atoms with E-state index in [4.69, 9.17) is 36.1 Å². The molecule has 170 valence electrons. The van der Waals surface area contributed by atoms with E-state index >= 15 is 0 Å². The largest absolute Gasteiger partial charge is 0.496 e. The fraction of sp³-hybridized carbons (Fsp3) is 0.143. The molecular weight excluding hydrogens is 460 g/mol. The molecule has 3 aromatic rings. The van der Waals surface area contributed by atoms with E-state index in [1.807, 2.05) is 0 Å². The summed E-state index contributed by atoms with van der Waals surface area (Å²) in [7, 11) is 0.236. The van der Waals surface area contributed by atoms with Gasteiger partial charge in [0.05, 0.1) is 38.2 Å². The van der Waals surface area contributed by atoms with Gasteiger partial charge in [-0.15, -0.1) is 0 Å². The lowest BCUT2D eigenvalue weighted by molar-refractivity contribution is 0.0997. The summed E-state index contributed by atoms with van der Waals surface area (Å²) in [6.07, 6.45) is 1.08. The first kappa shape index (κ1) is 24.9. The molecular formula is C21H21ClN2O7S. The van der Waals surface area contributed by atoms with Gasteiger partial charge in [0.25, 0.3) is 16.0 Å². The number of nitrogens with zero attached hydrogens (tertiary/aromatic N) is 1. The highest BCUT2D eigenvalue weighted by Gasteiger charge is 2.15. The number of primary amides is 1. The van der Waals surface area contributed by atoms with Gasteiger partial charge in [0, 0.05) is 11.2 Å². The second-order valence-electron chi connectivity index (χ2n) is 6.10. The molecule has 0 saturated carbocycles. The van der Waals surface area contributed by atoms with Crippen molar-refractivity contribution in [2.45, 2.75) is 4.90 Å². The molecule has 3 rings (SSSR count). The maximum absolute atomic E-state index is 11.0. The van der Waals surface area contributed by atoms with Crippen LogP contribution < -0.4 is 19.9 Å². The second kappa shape index (κ2) is 10.8. The first-order chi connectivity index (χ1) is 15.1. The summed E-state index contributed by atoms with van der Waals surface area (Å²) in [5, 5.41) is 0.511. The summed E-state index contributed by atoms with van der Waals surface area (Å²) in [6, 6.07) is 12.7. The van der Waals surface area contributed by atoms with Crippen molar-refractivity contribution < 1.29 is 32.0 Å². The lowest BCUT2D eigenvalue weighted by atomic mass is 10.1. The molecule has 0 radical (unpaired) electrons. The monoisotopic (exact) mass is 480 g/mol. The molecule has 9 nitrogen and oxygen atoms in total. The van der Waals surface area contributed by atoms with Crippen molar-refractivity contribution >= 4 is 27.6 Å². The van der Waals surface area contributed by atoms with Crippen LogP contribution in [0.1, 0.15) is 10.4 Å². The van der Waals surface area contributed by atoms with E-state index in [-0.39, 0.29) is 4.90 Å². The molecule has 1 aromatic heterocycles. The first-order valence-corrected chi connectivity index (χ1v) is 10.7. The topological polar surface area (TPSA) is 138 Å². The predicted molar refractivity (Wildman–Crippen MR) is 119 cm³/mol. The van der Waals surface area contributed by atoms with E-state index in [9.17, 15) is 13.2 Å². The molecule has 0 unspecified atom stereocenters. The average Bonchev–Trinajstić information content (AvgIpc) is 2.78. The average molecular weight is 481 g/mol. The Bertz CT molecular complexity index is 1180. The second-order valence-corrected chi connectivity index (χ2v) is 7.96. The molecule has 0 fully saturated rings. The van der Waals surface area contributed by atoms with Gasteiger partial charge in [-0.2, -0.15) is 8.42 Å². The number of methoxy groups -OCH3 is 3. The standard InChI is InChI=1S/C13H13NO5S.C8H8ClNO2/c1-18-11-4-3-5-12(19-2)13(11)10-7-6-9(8-14-10)20(15,16)17;1-12-7-4-5(9)2-3-6(7)8(10)11/h3-8H,1-2H3,(H,15,16,17);2-4H,1H3,(H2,10,11). The number of ether oxygens (including phenoxy) is 3. The minimum absolute atomic E-state index is 0.268. The maximum Gasteiger partial charge on any atom is 0.296 e. The molecule has 0 aliphatic carbocycles. The van der Waals surface area contributed by atoms with Crippen molar-refractivity contribution in [2.24, 2.45) is 5.73 Å². The summed E-state index contributed by atoms with van der Waals surface area (Å²) >= 11 is 5.67. The molecule has 0 bridgehead atoms. The molecule has 0 aliphatic rings. The fourth-order valence-electron chi connectivity index (χ4n) is 2.65. The Hall–Kier alpha value is -3.34. The Morgan fingerprint density at radius 3 is 2.00 bits per heavy atom. The summed E-state index contributed by atoms with van der Waals surface area (Å²) in [4.78, 5) is 14.6. The smallest absolute Gasteiger partial charge is 0.296 e. The third-order valence-electron chi connectivity index (χ3n) is 4.15. The Kier molecular flexibility index (Phi) is 8.41. The summed E-state index contributed by atoms with van der Waals surface area (Å²) in [5.74, 6) is 0.978. The molecule has 0 saturated heterocycles. The van der Waals surface area contributed by atoms with Crippen molar-refractivity contribution in [3.63, 3.8) is 0 Å². The van der Waals surface area contributed by atoms with Crippen LogP contribution in [0, 0.1) is 0 Å². The highest BCUT2D eigenvalue weighted by molar-refractivity contribution is 7.85. The van der Waals surface area contributed by atoms with E-state index in [1.165, 1.54) is 39.5 Å². The maximum atomic E-state index is 11.0. The van der Waals surface area contributed by atoms with Gasteiger partial charge < -0.3 is 19.9 Å². The number of amides is 1. The molecule has 0 aliphatic heterocycles. The van der Waals surface area contributed by atoms with Crippen LogP contribution in [0.5, 0.6) is 17.2 Å².